The van der Waals surface area contributed by atoms with Crippen molar-refractivity contribution < 1.29 is 4.52 Å². The molecule has 0 atom stereocenters. The first-order valence-corrected chi connectivity index (χ1v) is 5.39. The number of nitrogens with one attached hydrogen (secondary N) is 1. The summed E-state index contributed by atoms with van der Waals surface area (Å²) in [6.07, 6.45) is 1.63. The lowest BCUT2D eigenvalue weighted by Crippen LogP contribution is -2.11. The van der Waals surface area contributed by atoms with Crippen LogP contribution in [0.25, 0.3) is 11.5 Å². The van der Waals surface area contributed by atoms with Crippen molar-refractivity contribution in [2.45, 2.75) is 26.8 Å². The fraction of sp³-hybridized carbons (Fsp3) is 0.364. The number of aryl methyl sites for hydroxylation is 1. The smallest absolute Gasteiger partial charge is 0.261 e. The fourth-order valence-electron chi connectivity index (χ4n) is 1.48. The summed E-state index contributed by atoms with van der Waals surface area (Å²) in [6.45, 7) is 5.85. The molecule has 0 aromatic carbocycles. The number of nitrogen functional groups attached to an aromatic ring is 1. The number of nitrogens with two attached hydrogens (primary N) is 1. The molecular weight excluding hydrogens is 218 g/mol. The molecule has 0 unspecified atom stereocenters. The van der Waals surface area contributed by atoms with E-state index in [9.17, 15) is 0 Å². The summed E-state index contributed by atoms with van der Waals surface area (Å²) in [6, 6.07) is 2.04. The molecule has 0 aliphatic carbocycles. The Hall–Kier alpha value is -2.11. The van der Waals surface area contributed by atoms with Gasteiger partial charge in [-0.3, -0.25) is 0 Å². The molecule has 2 aromatic heterocycles. The van der Waals surface area contributed by atoms with Crippen molar-refractivity contribution >= 4 is 11.5 Å². The van der Waals surface area contributed by atoms with Crippen LogP contribution in [-0.4, -0.2) is 21.2 Å². The Kier molecular flexibility index (Phi) is 2.95. The zero-order chi connectivity index (χ0) is 12.4. The van der Waals surface area contributed by atoms with Crippen LogP contribution < -0.4 is 11.1 Å². The van der Waals surface area contributed by atoms with Crippen molar-refractivity contribution in [2.24, 2.45) is 0 Å². The second kappa shape index (κ2) is 4.40. The number of hydrogen-bond acceptors (Lipinski definition) is 6. The van der Waals surface area contributed by atoms with E-state index in [1.807, 2.05) is 13.8 Å². The predicted octanol–water partition coefficient (Wildman–Crippen LogP) is 1.84. The van der Waals surface area contributed by atoms with Gasteiger partial charge in [-0.2, -0.15) is 4.98 Å². The Morgan fingerprint density at radius 1 is 1.41 bits per heavy atom. The van der Waals surface area contributed by atoms with Gasteiger partial charge in [0.2, 0.25) is 0 Å². The monoisotopic (exact) mass is 233 g/mol. The first-order valence-electron chi connectivity index (χ1n) is 5.39. The Morgan fingerprint density at radius 2 is 2.18 bits per heavy atom. The maximum atomic E-state index is 5.67. The number of rotatable bonds is 3. The van der Waals surface area contributed by atoms with Gasteiger partial charge in [0.1, 0.15) is 5.82 Å². The van der Waals surface area contributed by atoms with Gasteiger partial charge in [0.05, 0.1) is 11.3 Å². The number of nitrogens with zero attached hydrogens (tertiary/aromatic N) is 3. The van der Waals surface area contributed by atoms with Crippen LogP contribution in [0.2, 0.25) is 0 Å². The first kappa shape index (κ1) is 11.4. The Labute approximate surface area is 99.2 Å². The summed E-state index contributed by atoms with van der Waals surface area (Å²) in [5.74, 6) is 1.48. The third-order valence-corrected chi connectivity index (χ3v) is 2.13. The number of hydrogen-bond donors (Lipinski definition) is 2. The third kappa shape index (κ3) is 2.52. The summed E-state index contributed by atoms with van der Waals surface area (Å²) in [5, 5.41) is 7.04. The Morgan fingerprint density at radius 3 is 2.76 bits per heavy atom. The van der Waals surface area contributed by atoms with Gasteiger partial charge < -0.3 is 15.6 Å². The molecule has 0 saturated carbocycles. The van der Waals surface area contributed by atoms with Gasteiger partial charge in [0, 0.05) is 18.3 Å². The van der Waals surface area contributed by atoms with Gasteiger partial charge in [0.15, 0.2) is 5.82 Å². The Balaban J connectivity index is 2.45. The van der Waals surface area contributed by atoms with Gasteiger partial charge in [-0.05, 0) is 20.8 Å². The van der Waals surface area contributed by atoms with E-state index in [0.717, 1.165) is 11.3 Å². The van der Waals surface area contributed by atoms with Crippen LogP contribution in [0, 0.1) is 6.92 Å². The molecule has 0 aliphatic rings. The first-order chi connectivity index (χ1) is 8.06. The number of pyridine rings is 1. The van der Waals surface area contributed by atoms with Crippen LogP contribution in [0.15, 0.2) is 16.8 Å². The highest BCUT2D eigenvalue weighted by Crippen LogP contribution is 2.27. The highest BCUT2D eigenvalue weighted by atomic mass is 16.5. The molecule has 0 fully saturated rings. The van der Waals surface area contributed by atoms with E-state index in [0.29, 0.717) is 17.5 Å². The summed E-state index contributed by atoms with van der Waals surface area (Å²) in [4.78, 5) is 8.22. The van der Waals surface area contributed by atoms with Crippen LogP contribution in [0.5, 0.6) is 0 Å². The highest BCUT2D eigenvalue weighted by Gasteiger charge is 2.13. The van der Waals surface area contributed by atoms with Crippen molar-refractivity contribution in [1.82, 2.24) is 15.1 Å². The summed E-state index contributed by atoms with van der Waals surface area (Å²) >= 11 is 0. The van der Waals surface area contributed by atoms with Crippen LogP contribution in [-0.2, 0) is 0 Å². The zero-order valence-corrected chi connectivity index (χ0v) is 10.1. The molecular formula is C11H15N5O. The summed E-state index contributed by atoms with van der Waals surface area (Å²) < 4.78 is 5.13. The molecule has 90 valence electrons. The normalized spacial score (nSPS) is 10.8. The lowest BCUT2D eigenvalue weighted by molar-refractivity contribution is 0.425. The molecule has 17 heavy (non-hydrogen) atoms. The van der Waals surface area contributed by atoms with Crippen LogP contribution >= 0.6 is 0 Å². The highest BCUT2D eigenvalue weighted by molar-refractivity contribution is 5.73. The van der Waals surface area contributed by atoms with Crippen LogP contribution in [0.3, 0.4) is 0 Å². The SMILES string of the molecule is Cc1noc(-c2cnc(N)cc2NC(C)C)n1. The molecule has 3 N–H and O–H groups in total. The molecule has 6 heteroatoms. The largest absolute Gasteiger partial charge is 0.384 e. The van der Waals surface area contributed by atoms with Gasteiger partial charge in [-0.15, -0.1) is 0 Å². The van der Waals surface area contributed by atoms with Crippen molar-refractivity contribution in [3.05, 3.63) is 18.1 Å². The summed E-state index contributed by atoms with van der Waals surface area (Å²) in [7, 11) is 0. The van der Waals surface area contributed by atoms with Gasteiger partial charge >= 0.3 is 0 Å². The van der Waals surface area contributed by atoms with E-state index in [1.54, 1.807) is 19.2 Å². The zero-order valence-electron chi connectivity index (χ0n) is 10.1. The van der Waals surface area contributed by atoms with Crippen molar-refractivity contribution in [3.63, 3.8) is 0 Å². The van der Waals surface area contributed by atoms with Gasteiger partial charge in [-0.1, -0.05) is 5.16 Å². The molecule has 6 nitrogen and oxygen atoms in total. The predicted molar refractivity (Wildman–Crippen MR) is 65.4 cm³/mol. The average molecular weight is 233 g/mol. The molecule has 0 bridgehead atoms. The van der Waals surface area contributed by atoms with Crippen LogP contribution in [0.4, 0.5) is 11.5 Å². The maximum absolute atomic E-state index is 5.67. The molecule has 0 spiro atoms. The average Bonchev–Trinajstić information content (AvgIpc) is 2.64. The summed E-state index contributed by atoms with van der Waals surface area (Å²) in [5.41, 5.74) is 7.27. The van der Waals surface area contributed by atoms with E-state index in [4.69, 9.17) is 10.3 Å². The molecule has 2 rings (SSSR count). The minimum atomic E-state index is 0.277. The molecule has 0 amide bonds. The van der Waals surface area contributed by atoms with E-state index >= 15 is 0 Å². The van der Waals surface area contributed by atoms with Crippen molar-refractivity contribution in [1.29, 1.82) is 0 Å². The molecule has 0 saturated heterocycles. The second-order valence-corrected chi connectivity index (χ2v) is 4.10. The number of anilines is 2. The lowest BCUT2D eigenvalue weighted by atomic mass is 10.2. The lowest BCUT2D eigenvalue weighted by Gasteiger charge is -2.12. The molecule has 0 aliphatic heterocycles. The minimum absolute atomic E-state index is 0.277. The van der Waals surface area contributed by atoms with Gasteiger partial charge in [-0.25, -0.2) is 4.98 Å². The topological polar surface area (TPSA) is 89.9 Å². The van der Waals surface area contributed by atoms with E-state index in [-0.39, 0.29) is 6.04 Å². The Bertz CT molecular complexity index is 520. The van der Waals surface area contributed by atoms with Crippen molar-refractivity contribution in [3.8, 4) is 11.5 Å². The van der Waals surface area contributed by atoms with E-state index in [2.05, 4.69) is 20.4 Å². The van der Waals surface area contributed by atoms with Gasteiger partial charge in [0.25, 0.3) is 5.89 Å². The van der Waals surface area contributed by atoms with E-state index in [1.165, 1.54) is 0 Å². The molecule has 2 aromatic rings. The maximum Gasteiger partial charge on any atom is 0.261 e. The van der Waals surface area contributed by atoms with Crippen molar-refractivity contribution in [2.75, 3.05) is 11.1 Å². The standard InChI is InChI=1S/C11H15N5O/c1-6(2)14-9-4-10(12)13-5-8(9)11-15-7(3)16-17-11/h4-6H,1-3H3,(H3,12,13,14). The molecule has 0 radical (unpaired) electrons. The van der Waals surface area contributed by atoms with Crippen LogP contribution in [0.1, 0.15) is 19.7 Å². The minimum Gasteiger partial charge on any atom is -0.384 e. The van der Waals surface area contributed by atoms with E-state index < -0.39 is 0 Å². The second-order valence-electron chi connectivity index (χ2n) is 4.10. The quantitative estimate of drug-likeness (QED) is 0.840. The number of aromatic nitrogens is 3. The fourth-order valence-corrected chi connectivity index (χ4v) is 1.48. The molecule has 2 heterocycles. The third-order valence-electron chi connectivity index (χ3n) is 2.13.